The summed E-state index contributed by atoms with van der Waals surface area (Å²) in [5.41, 5.74) is 1.85. The molecule has 2 rings (SSSR count). The third-order valence-electron chi connectivity index (χ3n) is 2.74. The normalized spacial score (nSPS) is 12.7. The number of aliphatic hydroxyl groups is 1. The van der Waals surface area contributed by atoms with Crippen LogP contribution in [0.4, 0.5) is 4.39 Å². The Hall–Kier alpha value is -1.46. The summed E-state index contributed by atoms with van der Waals surface area (Å²) in [6.45, 7) is 1.80. The Morgan fingerprint density at radius 2 is 2.22 bits per heavy atom. The zero-order chi connectivity index (χ0) is 13.3. The van der Waals surface area contributed by atoms with Gasteiger partial charge in [-0.25, -0.2) is 4.39 Å². The molecule has 0 amide bonds. The lowest BCUT2D eigenvalue weighted by atomic mass is 10.1. The molecule has 0 saturated heterocycles. The maximum absolute atomic E-state index is 12.7. The van der Waals surface area contributed by atoms with Crippen LogP contribution < -0.4 is 0 Å². The Morgan fingerprint density at radius 3 is 2.72 bits per heavy atom. The number of rotatable bonds is 3. The van der Waals surface area contributed by atoms with E-state index in [1.54, 1.807) is 18.7 Å². The highest BCUT2D eigenvalue weighted by Crippen LogP contribution is 2.24. The molecule has 2 aromatic rings. The Morgan fingerprint density at radius 1 is 1.50 bits per heavy atom. The molecule has 4 nitrogen and oxygen atoms in total. The number of pyridine rings is 1. The first-order valence-electron chi connectivity index (χ1n) is 5.46. The molecule has 1 atom stereocenters. The molecule has 0 fully saturated rings. The van der Waals surface area contributed by atoms with Crippen molar-refractivity contribution in [2.45, 2.75) is 19.4 Å². The van der Waals surface area contributed by atoms with E-state index >= 15 is 0 Å². The third-order valence-corrected chi connectivity index (χ3v) is 3.23. The van der Waals surface area contributed by atoms with E-state index in [2.05, 4.69) is 10.1 Å². The Balaban J connectivity index is 2.21. The van der Waals surface area contributed by atoms with Gasteiger partial charge in [0, 0.05) is 13.5 Å². The predicted octanol–water partition coefficient (Wildman–Crippen LogP) is 2.19. The number of hydrogen-bond donors (Lipinski definition) is 1. The fraction of sp³-hybridized carbons (Fsp3) is 0.333. The van der Waals surface area contributed by atoms with E-state index in [0.717, 1.165) is 11.9 Å². The van der Waals surface area contributed by atoms with Gasteiger partial charge in [-0.15, -0.1) is 0 Å². The maximum Gasteiger partial charge on any atom is 0.141 e. The van der Waals surface area contributed by atoms with E-state index in [1.807, 2.05) is 0 Å². The average molecular weight is 270 g/mol. The van der Waals surface area contributed by atoms with E-state index in [4.69, 9.17) is 11.6 Å². The summed E-state index contributed by atoms with van der Waals surface area (Å²) in [6, 6.07) is 2.72. The van der Waals surface area contributed by atoms with Crippen molar-refractivity contribution in [3.05, 3.63) is 46.3 Å². The van der Waals surface area contributed by atoms with Crippen LogP contribution in [-0.2, 0) is 13.5 Å². The van der Waals surface area contributed by atoms with Crippen LogP contribution in [0.25, 0.3) is 0 Å². The second kappa shape index (κ2) is 5.04. The van der Waals surface area contributed by atoms with Gasteiger partial charge in [0.05, 0.1) is 28.3 Å². The lowest BCUT2D eigenvalue weighted by molar-refractivity contribution is 0.171. The average Bonchev–Trinajstić information content (AvgIpc) is 2.57. The highest BCUT2D eigenvalue weighted by atomic mass is 35.5. The number of hydrogen-bond acceptors (Lipinski definition) is 3. The minimum atomic E-state index is -0.835. The monoisotopic (exact) mass is 269 g/mol. The lowest BCUT2D eigenvalue weighted by Crippen LogP contribution is -2.08. The largest absolute Gasteiger partial charge is 0.386 e. The number of aliphatic hydroxyl groups excluding tert-OH is 1. The molecule has 0 spiro atoms. The summed E-state index contributed by atoms with van der Waals surface area (Å²) in [6.07, 6.45) is 0.529. The molecule has 18 heavy (non-hydrogen) atoms. The first-order chi connectivity index (χ1) is 8.49. The number of aryl methyl sites for hydroxylation is 2. The van der Waals surface area contributed by atoms with Gasteiger partial charge in [-0.1, -0.05) is 11.6 Å². The van der Waals surface area contributed by atoms with Gasteiger partial charge in [0.15, 0.2) is 0 Å². The second-order valence-corrected chi connectivity index (χ2v) is 4.47. The van der Waals surface area contributed by atoms with E-state index in [0.29, 0.717) is 16.4 Å². The molecule has 2 aromatic heterocycles. The molecule has 1 unspecified atom stereocenters. The molecule has 6 heteroatoms. The summed E-state index contributed by atoms with van der Waals surface area (Å²) in [5.74, 6) is -0.430. The molecule has 0 radical (unpaired) electrons. The van der Waals surface area contributed by atoms with Crippen molar-refractivity contribution < 1.29 is 9.50 Å². The molecular weight excluding hydrogens is 257 g/mol. The van der Waals surface area contributed by atoms with Gasteiger partial charge >= 0.3 is 0 Å². The Kier molecular flexibility index (Phi) is 3.63. The van der Waals surface area contributed by atoms with Crippen LogP contribution in [0.2, 0.25) is 5.02 Å². The van der Waals surface area contributed by atoms with Crippen LogP contribution in [0, 0.1) is 12.7 Å². The van der Waals surface area contributed by atoms with Gasteiger partial charge in [0.2, 0.25) is 0 Å². The molecule has 0 saturated carbocycles. The second-order valence-electron chi connectivity index (χ2n) is 4.09. The van der Waals surface area contributed by atoms with Crippen molar-refractivity contribution in [2.24, 2.45) is 7.05 Å². The quantitative estimate of drug-likeness (QED) is 0.929. The first-order valence-corrected chi connectivity index (χ1v) is 5.84. The van der Waals surface area contributed by atoms with E-state index in [9.17, 15) is 9.50 Å². The maximum atomic E-state index is 12.7. The Labute approximate surface area is 109 Å². The van der Waals surface area contributed by atoms with E-state index < -0.39 is 11.9 Å². The fourth-order valence-corrected chi connectivity index (χ4v) is 2.01. The van der Waals surface area contributed by atoms with Crippen molar-refractivity contribution in [1.29, 1.82) is 0 Å². The van der Waals surface area contributed by atoms with Gasteiger partial charge in [0.1, 0.15) is 11.9 Å². The van der Waals surface area contributed by atoms with Gasteiger partial charge in [-0.05, 0) is 19.1 Å². The molecule has 0 aliphatic rings. The van der Waals surface area contributed by atoms with Crippen LogP contribution >= 0.6 is 11.6 Å². The minimum absolute atomic E-state index is 0.287. The molecule has 0 aliphatic carbocycles. The summed E-state index contributed by atoms with van der Waals surface area (Å²) < 4.78 is 14.4. The van der Waals surface area contributed by atoms with Gasteiger partial charge in [-0.3, -0.25) is 9.67 Å². The molecule has 0 aromatic carbocycles. The van der Waals surface area contributed by atoms with Crippen LogP contribution in [-0.4, -0.2) is 19.9 Å². The van der Waals surface area contributed by atoms with Crippen molar-refractivity contribution in [3.8, 4) is 0 Å². The highest BCUT2D eigenvalue weighted by Gasteiger charge is 2.17. The zero-order valence-corrected chi connectivity index (χ0v) is 10.8. The van der Waals surface area contributed by atoms with Crippen LogP contribution in [0.3, 0.4) is 0 Å². The predicted molar refractivity (Wildman–Crippen MR) is 65.8 cm³/mol. The molecule has 1 N–H and O–H groups in total. The standard InChI is InChI=1S/C12H13ClFN3O/c1-7-12(13)10(17(2)16-7)5-11(18)9-4-3-8(14)6-15-9/h3-4,6,11,18H,5H2,1-2H3. The number of aromatic nitrogens is 3. The van der Waals surface area contributed by atoms with Gasteiger partial charge in [0.25, 0.3) is 0 Å². The molecule has 96 valence electrons. The lowest BCUT2D eigenvalue weighted by Gasteiger charge is -2.10. The smallest absolute Gasteiger partial charge is 0.141 e. The molecule has 0 aliphatic heterocycles. The Bertz CT molecular complexity index is 553. The van der Waals surface area contributed by atoms with E-state index in [1.165, 1.54) is 12.1 Å². The number of halogens is 2. The SMILES string of the molecule is Cc1nn(C)c(CC(O)c2ccc(F)cn2)c1Cl. The summed E-state index contributed by atoms with van der Waals surface area (Å²) in [5, 5.41) is 14.7. The third kappa shape index (κ3) is 2.52. The summed E-state index contributed by atoms with van der Waals surface area (Å²) in [4.78, 5) is 3.84. The summed E-state index contributed by atoms with van der Waals surface area (Å²) in [7, 11) is 1.76. The minimum Gasteiger partial charge on any atom is -0.386 e. The molecular formula is C12H13ClFN3O. The fourth-order valence-electron chi connectivity index (χ4n) is 1.77. The van der Waals surface area contributed by atoms with Crippen LogP contribution in [0.15, 0.2) is 18.3 Å². The highest BCUT2D eigenvalue weighted by molar-refractivity contribution is 6.31. The topological polar surface area (TPSA) is 50.9 Å². The first kappa shape index (κ1) is 13.0. The van der Waals surface area contributed by atoms with Crippen molar-refractivity contribution in [3.63, 3.8) is 0 Å². The van der Waals surface area contributed by atoms with Crippen LogP contribution in [0.1, 0.15) is 23.2 Å². The molecule has 2 heterocycles. The van der Waals surface area contributed by atoms with Crippen molar-refractivity contribution in [2.75, 3.05) is 0 Å². The zero-order valence-electron chi connectivity index (χ0n) is 10.1. The van der Waals surface area contributed by atoms with Crippen molar-refractivity contribution >= 4 is 11.6 Å². The van der Waals surface area contributed by atoms with Gasteiger partial charge in [-0.2, -0.15) is 5.10 Å². The van der Waals surface area contributed by atoms with Crippen molar-refractivity contribution in [1.82, 2.24) is 14.8 Å². The van der Waals surface area contributed by atoms with Gasteiger partial charge < -0.3 is 5.11 Å². The van der Waals surface area contributed by atoms with Crippen LogP contribution in [0.5, 0.6) is 0 Å². The summed E-state index contributed by atoms with van der Waals surface area (Å²) >= 11 is 6.10. The number of nitrogens with zero attached hydrogens (tertiary/aromatic N) is 3. The van der Waals surface area contributed by atoms with E-state index in [-0.39, 0.29) is 6.42 Å². The molecule has 0 bridgehead atoms.